The zero-order chi connectivity index (χ0) is 18.8. The number of hydrogen-bond donors (Lipinski definition) is 1. The molecule has 6 nitrogen and oxygen atoms in total. The van der Waals surface area contributed by atoms with Gasteiger partial charge in [-0.1, -0.05) is 0 Å². The number of ether oxygens (including phenoxy) is 1. The molecule has 1 aromatic carbocycles. The number of alkyl halides is 3. The van der Waals surface area contributed by atoms with Crippen LogP contribution in [0.2, 0.25) is 0 Å². The standard InChI is InChI=1S/C16H14F3NO5/c1-9-13(15(22)23)7-12(24-9)8-20(2)14(21)10-3-5-11(6-4-10)25-16(17,18)19/h3-7H,8H2,1-2H3,(H,22,23). The average molecular weight is 357 g/mol. The molecule has 0 spiro atoms. The molecule has 1 N–H and O–H groups in total. The summed E-state index contributed by atoms with van der Waals surface area (Å²) in [5.41, 5.74) is 0.156. The number of furan rings is 1. The molecule has 0 bridgehead atoms. The van der Waals surface area contributed by atoms with Gasteiger partial charge in [0.1, 0.15) is 22.8 Å². The lowest BCUT2D eigenvalue weighted by molar-refractivity contribution is -0.274. The largest absolute Gasteiger partial charge is 0.573 e. The Kier molecular flexibility index (Phi) is 5.05. The second kappa shape index (κ2) is 6.88. The predicted octanol–water partition coefficient (Wildman–Crippen LogP) is 3.46. The molecule has 2 rings (SSSR count). The second-order valence-corrected chi connectivity index (χ2v) is 5.22. The van der Waals surface area contributed by atoms with Crippen LogP contribution in [0.3, 0.4) is 0 Å². The van der Waals surface area contributed by atoms with Gasteiger partial charge in [0.2, 0.25) is 0 Å². The molecule has 25 heavy (non-hydrogen) atoms. The van der Waals surface area contributed by atoms with Gasteiger partial charge in [-0.3, -0.25) is 4.79 Å². The molecule has 0 aliphatic carbocycles. The number of benzene rings is 1. The number of carbonyl (C=O) groups is 2. The highest BCUT2D eigenvalue weighted by Crippen LogP contribution is 2.23. The zero-order valence-corrected chi connectivity index (χ0v) is 13.3. The topological polar surface area (TPSA) is 80.0 Å². The third-order valence-electron chi connectivity index (χ3n) is 3.27. The number of amides is 1. The van der Waals surface area contributed by atoms with Crippen LogP contribution < -0.4 is 4.74 Å². The van der Waals surface area contributed by atoms with Crippen molar-refractivity contribution >= 4 is 11.9 Å². The van der Waals surface area contributed by atoms with Gasteiger partial charge in [-0.25, -0.2) is 4.79 Å². The molecular formula is C16H14F3NO5. The minimum atomic E-state index is -4.80. The van der Waals surface area contributed by atoms with E-state index < -0.39 is 24.0 Å². The minimum absolute atomic E-state index is 0.00417. The van der Waals surface area contributed by atoms with Crippen molar-refractivity contribution in [2.75, 3.05) is 7.05 Å². The third-order valence-corrected chi connectivity index (χ3v) is 3.27. The van der Waals surface area contributed by atoms with E-state index in [1.807, 2.05) is 0 Å². The molecular weight excluding hydrogens is 343 g/mol. The minimum Gasteiger partial charge on any atom is -0.478 e. The third kappa shape index (κ3) is 4.75. The molecule has 2 aromatic rings. The maximum Gasteiger partial charge on any atom is 0.573 e. The van der Waals surface area contributed by atoms with Gasteiger partial charge < -0.3 is 19.2 Å². The van der Waals surface area contributed by atoms with E-state index in [0.29, 0.717) is 0 Å². The predicted molar refractivity (Wildman–Crippen MR) is 79.3 cm³/mol. The zero-order valence-electron chi connectivity index (χ0n) is 13.3. The number of carboxylic acid groups (broad SMARTS) is 1. The Hall–Kier alpha value is -2.97. The van der Waals surface area contributed by atoms with Crippen LogP contribution in [0.5, 0.6) is 5.75 Å². The van der Waals surface area contributed by atoms with Crippen LogP contribution in [-0.4, -0.2) is 35.3 Å². The molecule has 0 radical (unpaired) electrons. The van der Waals surface area contributed by atoms with Crippen molar-refractivity contribution in [1.29, 1.82) is 0 Å². The number of hydrogen-bond acceptors (Lipinski definition) is 4. The van der Waals surface area contributed by atoms with E-state index in [-0.39, 0.29) is 29.2 Å². The van der Waals surface area contributed by atoms with E-state index in [9.17, 15) is 22.8 Å². The fourth-order valence-corrected chi connectivity index (χ4v) is 2.16. The Morgan fingerprint density at radius 3 is 2.32 bits per heavy atom. The fraction of sp³-hybridized carbons (Fsp3) is 0.250. The van der Waals surface area contributed by atoms with Crippen LogP contribution >= 0.6 is 0 Å². The van der Waals surface area contributed by atoms with E-state index in [1.54, 1.807) is 0 Å². The van der Waals surface area contributed by atoms with Crippen LogP contribution in [0.1, 0.15) is 32.2 Å². The number of rotatable bonds is 5. The molecule has 1 heterocycles. The fourth-order valence-electron chi connectivity index (χ4n) is 2.16. The molecule has 0 atom stereocenters. The Morgan fingerprint density at radius 1 is 1.24 bits per heavy atom. The summed E-state index contributed by atoms with van der Waals surface area (Å²) in [7, 11) is 1.46. The molecule has 0 aliphatic rings. The SMILES string of the molecule is Cc1oc(CN(C)C(=O)c2ccc(OC(F)(F)F)cc2)cc1C(=O)O. The molecule has 0 fully saturated rings. The first-order valence-electron chi connectivity index (χ1n) is 7.00. The highest BCUT2D eigenvalue weighted by Gasteiger charge is 2.31. The van der Waals surface area contributed by atoms with Crippen molar-refractivity contribution in [3.8, 4) is 5.75 Å². The van der Waals surface area contributed by atoms with Gasteiger partial charge in [-0.15, -0.1) is 13.2 Å². The van der Waals surface area contributed by atoms with Crippen LogP contribution in [0.15, 0.2) is 34.7 Å². The first kappa shape index (κ1) is 18.4. The Morgan fingerprint density at radius 2 is 1.84 bits per heavy atom. The highest BCUT2D eigenvalue weighted by atomic mass is 19.4. The van der Waals surface area contributed by atoms with E-state index in [1.165, 1.54) is 37.1 Å². The molecule has 0 saturated carbocycles. The lowest BCUT2D eigenvalue weighted by atomic mass is 10.2. The lowest BCUT2D eigenvalue weighted by Crippen LogP contribution is -2.26. The van der Waals surface area contributed by atoms with Gasteiger partial charge in [-0.2, -0.15) is 0 Å². The summed E-state index contributed by atoms with van der Waals surface area (Å²) in [6, 6.07) is 5.80. The Balaban J connectivity index is 2.07. The summed E-state index contributed by atoms with van der Waals surface area (Å²) >= 11 is 0. The molecule has 0 unspecified atom stereocenters. The number of carbonyl (C=O) groups excluding carboxylic acids is 1. The van der Waals surface area contributed by atoms with Gasteiger partial charge in [0.15, 0.2) is 0 Å². The number of aromatic carboxylic acids is 1. The Labute approximate surface area is 140 Å². The van der Waals surface area contributed by atoms with E-state index >= 15 is 0 Å². The summed E-state index contributed by atoms with van der Waals surface area (Å²) in [4.78, 5) is 24.5. The van der Waals surface area contributed by atoms with Crippen molar-refractivity contribution in [1.82, 2.24) is 4.90 Å². The van der Waals surface area contributed by atoms with Gasteiger partial charge in [0.25, 0.3) is 5.91 Å². The van der Waals surface area contributed by atoms with Gasteiger partial charge in [0, 0.05) is 12.6 Å². The van der Waals surface area contributed by atoms with Crippen molar-refractivity contribution in [3.05, 3.63) is 53.0 Å². The van der Waals surface area contributed by atoms with Crippen molar-refractivity contribution < 1.29 is 37.0 Å². The molecule has 1 aromatic heterocycles. The van der Waals surface area contributed by atoms with Crippen LogP contribution in [-0.2, 0) is 6.54 Å². The van der Waals surface area contributed by atoms with Crippen molar-refractivity contribution in [2.45, 2.75) is 19.8 Å². The second-order valence-electron chi connectivity index (χ2n) is 5.22. The van der Waals surface area contributed by atoms with Crippen LogP contribution in [0, 0.1) is 6.92 Å². The first-order valence-corrected chi connectivity index (χ1v) is 7.00. The smallest absolute Gasteiger partial charge is 0.478 e. The molecule has 9 heteroatoms. The Bertz CT molecular complexity index is 780. The summed E-state index contributed by atoms with van der Waals surface area (Å²) in [5.74, 6) is -1.54. The summed E-state index contributed by atoms with van der Waals surface area (Å²) in [5, 5.41) is 8.97. The number of aryl methyl sites for hydroxylation is 1. The maximum atomic E-state index is 12.3. The van der Waals surface area contributed by atoms with E-state index in [4.69, 9.17) is 9.52 Å². The van der Waals surface area contributed by atoms with Crippen LogP contribution in [0.4, 0.5) is 13.2 Å². The van der Waals surface area contributed by atoms with Crippen LogP contribution in [0.25, 0.3) is 0 Å². The first-order chi connectivity index (χ1) is 11.6. The number of halogens is 3. The lowest BCUT2D eigenvalue weighted by Gasteiger charge is -2.16. The maximum absolute atomic E-state index is 12.3. The van der Waals surface area contributed by atoms with Crippen molar-refractivity contribution in [2.24, 2.45) is 0 Å². The van der Waals surface area contributed by atoms with Gasteiger partial charge in [-0.05, 0) is 37.3 Å². The average Bonchev–Trinajstić information content (AvgIpc) is 2.86. The highest BCUT2D eigenvalue weighted by molar-refractivity contribution is 5.94. The monoisotopic (exact) mass is 357 g/mol. The van der Waals surface area contributed by atoms with Gasteiger partial charge >= 0.3 is 12.3 Å². The van der Waals surface area contributed by atoms with E-state index in [2.05, 4.69) is 4.74 Å². The normalized spacial score (nSPS) is 11.2. The van der Waals surface area contributed by atoms with E-state index in [0.717, 1.165) is 12.1 Å². The summed E-state index contributed by atoms with van der Waals surface area (Å²) < 4.78 is 45.4. The van der Waals surface area contributed by atoms with Gasteiger partial charge in [0.05, 0.1) is 6.54 Å². The molecule has 1 amide bonds. The quantitative estimate of drug-likeness (QED) is 0.886. The molecule has 0 saturated heterocycles. The molecule has 134 valence electrons. The summed E-state index contributed by atoms with van der Waals surface area (Å²) in [6.07, 6.45) is -4.80. The summed E-state index contributed by atoms with van der Waals surface area (Å²) in [6.45, 7) is 1.50. The van der Waals surface area contributed by atoms with Crippen molar-refractivity contribution in [3.63, 3.8) is 0 Å². The molecule has 0 aliphatic heterocycles. The number of carboxylic acids is 1. The number of nitrogens with zero attached hydrogens (tertiary/aromatic N) is 1.